The molecule has 1 unspecified atom stereocenters. The summed E-state index contributed by atoms with van der Waals surface area (Å²) in [6.45, 7) is 3.68. The molecule has 0 aliphatic carbocycles. The molecule has 0 saturated carbocycles. The summed E-state index contributed by atoms with van der Waals surface area (Å²) in [5, 5.41) is 9.01. The summed E-state index contributed by atoms with van der Waals surface area (Å²) >= 11 is 0. The number of carboxylic acid groups (broad SMARTS) is 1. The highest BCUT2D eigenvalue weighted by atomic mass is 19.4. The molecule has 0 radical (unpaired) electrons. The van der Waals surface area contributed by atoms with E-state index >= 15 is 0 Å². The van der Waals surface area contributed by atoms with E-state index in [1.165, 1.54) is 24.0 Å². The summed E-state index contributed by atoms with van der Waals surface area (Å²) < 4.78 is 37.9. The summed E-state index contributed by atoms with van der Waals surface area (Å²) in [6.07, 6.45) is -3.78. The predicted molar refractivity (Wildman–Crippen MR) is 66.2 cm³/mol. The molecule has 0 fully saturated rings. The van der Waals surface area contributed by atoms with E-state index in [-0.39, 0.29) is 5.69 Å². The average Bonchev–Trinajstić information content (AvgIpc) is 2.34. The maximum Gasteiger partial charge on any atom is 0.416 e. The molecular formula is C13H16F3NO2. The van der Waals surface area contributed by atoms with Crippen LogP contribution in [-0.2, 0) is 11.0 Å². The molecular weight excluding hydrogens is 259 g/mol. The van der Waals surface area contributed by atoms with E-state index in [2.05, 4.69) is 0 Å². The van der Waals surface area contributed by atoms with Gasteiger partial charge in [-0.25, -0.2) is 4.79 Å². The Morgan fingerprint density at radius 3 is 2.53 bits per heavy atom. The van der Waals surface area contributed by atoms with Crippen molar-refractivity contribution in [2.75, 3.05) is 11.4 Å². The molecule has 0 bridgehead atoms. The topological polar surface area (TPSA) is 40.5 Å². The number of carboxylic acids is 1. The number of aliphatic carboxylic acids is 1. The molecule has 6 heteroatoms. The minimum atomic E-state index is -4.43. The summed E-state index contributed by atoms with van der Waals surface area (Å²) in [4.78, 5) is 12.5. The number of anilines is 1. The summed E-state index contributed by atoms with van der Waals surface area (Å²) in [5.41, 5.74) is -0.504. The van der Waals surface area contributed by atoms with Crippen LogP contribution in [0.5, 0.6) is 0 Å². The zero-order valence-corrected chi connectivity index (χ0v) is 10.7. The summed E-state index contributed by atoms with van der Waals surface area (Å²) in [6, 6.07) is 3.86. The first-order valence-electron chi connectivity index (χ1n) is 5.94. The van der Waals surface area contributed by atoms with Crippen LogP contribution in [0, 0.1) is 0 Å². The van der Waals surface area contributed by atoms with Gasteiger partial charge in [0.2, 0.25) is 0 Å². The van der Waals surface area contributed by atoms with Crippen LogP contribution in [0.15, 0.2) is 24.3 Å². The molecule has 1 aromatic carbocycles. The first-order valence-corrected chi connectivity index (χ1v) is 5.94. The SMILES string of the molecule is CCCN(c1cccc(C(F)(F)F)c1)C(C)C(=O)O. The molecule has 1 N–H and O–H groups in total. The number of nitrogens with zero attached hydrogens (tertiary/aromatic N) is 1. The Balaban J connectivity index is 3.13. The first-order chi connectivity index (χ1) is 8.77. The molecule has 1 aromatic rings. The standard InChI is InChI=1S/C13H16F3NO2/c1-3-7-17(9(2)12(18)19)11-6-4-5-10(8-11)13(14,15)16/h4-6,8-9H,3,7H2,1-2H3,(H,18,19). The van der Waals surface area contributed by atoms with Crippen LogP contribution in [-0.4, -0.2) is 23.7 Å². The number of halogens is 3. The zero-order valence-electron chi connectivity index (χ0n) is 10.7. The van der Waals surface area contributed by atoms with Crippen LogP contribution < -0.4 is 4.90 Å². The molecule has 0 aliphatic heterocycles. The van der Waals surface area contributed by atoms with Gasteiger partial charge in [0.1, 0.15) is 6.04 Å². The monoisotopic (exact) mass is 275 g/mol. The van der Waals surface area contributed by atoms with Crippen molar-refractivity contribution in [3.05, 3.63) is 29.8 Å². The third kappa shape index (κ3) is 3.87. The lowest BCUT2D eigenvalue weighted by molar-refractivity contribution is -0.138. The molecule has 0 aromatic heterocycles. The van der Waals surface area contributed by atoms with Crippen LogP contribution in [0.25, 0.3) is 0 Å². The van der Waals surface area contributed by atoms with Crippen molar-refractivity contribution in [2.24, 2.45) is 0 Å². The molecule has 1 rings (SSSR count). The van der Waals surface area contributed by atoms with Crippen LogP contribution in [0.4, 0.5) is 18.9 Å². The van der Waals surface area contributed by atoms with Crippen molar-refractivity contribution in [1.82, 2.24) is 0 Å². The minimum Gasteiger partial charge on any atom is -0.480 e. The Hall–Kier alpha value is -1.72. The normalized spacial score (nSPS) is 13.1. The molecule has 1 atom stereocenters. The van der Waals surface area contributed by atoms with Crippen LogP contribution in [0.1, 0.15) is 25.8 Å². The van der Waals surface area contributed by atoms with Gasteiger partial charge >= 0.3 is 12.1 Å². The lowest BCUT2D eigenvalue weighted by atomic mass is 10.1. The van der Waals surface area contributed by atoms with Crippen LogP contribution in [0.2, 0.25) is 0 Å². The van der Waals surface area contributed by atoms with Gasteiger partial charge in [-0.1, -0.05) is 13.0 Å². The lowest BCUT2D eigenvalue weighted by Gasteiger charge is -2.28. The molecule has 19 heavy (non-hydrogen) atoms. The van der Waals surface area contributed by atoms with E-state index in [1.54, 1.807) is 0 Å². The van der Waals surface area contributed by atoms with Crippen molar-refractivity contribution < 1.29 is 23.1 Å². The van der Waals surface area contributed by atoms with Gasteiger partial charge in [0.15, 0.2) is 0 Å². The third-order valence-electron chi connectivity index (χ3n) is 2.79. The second-order valence-corrected chi connectivity index (χ2v) is 4.26. The number of benzene rings is 1. The van der Waals surface area contributed by atoms with E-state index in [0.717, 1.165) is 12.1 Å². The van der Waals surface area contributed by atoms with Crippen molar-refractivity contribution in [2.45, 2.75) is 32.5 Å². The third-order valence-corrected chi connectivity index (χ3v) is 2.79. The maximum atomic E-state index is 12.6. The van der Waals surface area contributed by atoms with E-state index < -0.39 is 23.8 Å². The molecule has 0 aliphatic rings. The Morgan fingerprint density at radius 2 is 2.05 bits per heavy atom. The fraction of sp³-hybridized carbons (Fsp3) is 0.462. The molecule has 0 heterocycles. The van der Waals surface area contributed by atoms with Gasteiger partial charge in [-0.05, 0) is 31.5 Å². The van der Waals surface area contributed by atoms with Gasteiger partial charge in [0.05, 0.1) is 5.56 Å². The number of hydrogen-bond acceptors (Lipinski definition) is 2. The highest BCUT2D eigenvalue weighted by Gasteiger charge is 2.31. The molecule has 3 nitrogen and oxygen atoms in total. The van der Waals surface area contributed by atoms with Gasteiger partial charge in [-0.15, -0.1) is 0 Å². The largest absolute Gasteiger partial charge is 0.480 e. The summed E-state index contributed by atoms with van der Waals surface area (Å²) in [5.74, 6) is -1.06. The van der Waals surface area contributed by atoms with E-state index in [9.17, 15) is 18.0 Å². The maximum absolute atomic E-state index is 12.6. The second kappa shape index (κ2) is 5.95. The average molecular weight is 275 g/mol. The van der Waals surface area contributed by atoms with Gasteiger partial charge in [0.25, 0.3) is 0 Å². The Bertz CT molecular complexity index is 446. The van der Waals surface area contributed by atoms with E-state index in [4.69, 9.17) is 5.11 Å². The number of rotatable bonds is 5. The Labute approximate surface area is 109 Å². The molecule has 0 saturated heterocycles. The molecule has 106 valence electrons. The van der Waals surface area contributed by atoms with Gasteiger partial charge in [-0.3, -0.25) is 0 Å². The molecule has 0 amide bonds. The fourth-order valence-electron chi connectivity index (χ4n) is 1.78. The minimum absolute atomic E-state index is 0.270. The fourth-order valence-corrected chi connectivity index (χ4v) is 1.78. The van der Waals surface area contributed by atoms with Crippen LogP contribution >= 0.6 is 0 Å². The second-order valence-electron chi connectivity index (χ2n) is 4.26. The van der Waals surface area contributed by atoms with Crippen molar-refractivity contribution in [1.29, 1.82) is 0 Å². The van der Waals surface area contributed by atoms with E-state index in [1.807, 2.05) is 6.92 Å². The highest BCUT2D eigenvalue weighted by molar-refractivity contribution is 5.77. The number of alkyl halides is 3. The quantitative estimate of drug-likeness (QED) is 0.895. The van der Waals surface area contributed by atoms with Crippen molar-refractivity contribution in [3.8, 4) is 0 Å². The van der Waals surface area contributed by atoms with Gasteiger partial charge in [0, 0.05) is 12.2 Å². The number of hydrogen-bond donors (Lipinski definition) is 1. The predicted octanol–water partition coefficient (Wildman–Crippen LogP) is 3.39. The zero-order chi connectivity index (χ0) is 14.6. The van der Waals surface area contributed by atoms with Gasteiger partial charge in [-0.2, -0.15) is 13.2 Å². The highest BCUT2D eigenvalue weighted by Crippen LogP contribution is 2.32. The number of carbonyl (C=O) groups is 1. The van der Waals surface area contributed by atoms with Gasteiger partial charge < -0.3 is 10.0 Å². The van der Waals surface area contributed by atoms with E-state index in [0.29, 0.717) is 13.0 Å². The smallest absolute Gasteiger partial charge is 0.416 e. The molecule has 0 spiro atoms. The van der Waals surface area contributed by atoms with Crippen LogP contribution in [0.3, 0.4) is 0 Å². The Kier molecular flexibility index (Phi) is 4.80. The first kappa shape index (κ1) is 15.3. The van der Waals surface area contributed by atoms with Crippen molar-refractivity contribution in [3.63, 3.8) is 0 Å². The Morgan fingerprint density at radius 1 is 1.42 bits per heavy atom. The lowest BCUT2D eigenvalue weighted by Crippen LogP contribution is -2.39. The summed E-state index contributed by atoms with van der Waals surface area (Å²) in [7, 11) is 0. The van der Waals surface area contributed by atoms with Crippen molar-refractivity contribution >= 4 is 11.7 Å².